The molecular weight excluding hydrogens is 348 g/mol. The fourth-order valence-corrected chi connectivity index (χ4v) is 7.15. The van der Waals surface area contributed by atoms with Crippen molar-refractivity contribution in [1.29, 1.82) is 0 Å². The first kappa shape index (κ1) is 18.4. The van der Waals surface area contributed by atoms with Crippen LogP contribution >= 0.6 is 0 Å². The number of hydrogen-bond donors (Lipinski definition) is 1. The second-order valence-electron chi connectivity index (χ2n) is 10.2. The fourth-order valence-electron chi connectivity index (χ4n) is 7.15. The van der Waals surface area contributed by atoms with Gasteiger partial charge in [0.05, 0.1) is 11.8 Å². The summed E-state index contributed by atoms with van der Waals surface area (Å²) in [7, 11) is 1.93. The molecule has 0 aliphatic heterocycles. The molecule has 1 N–H and O–H groups in total. The second-order valence-corrected chi connectivity index (χ2v) is 10.2. The van der Waals surface area contributed by atoms with Crippen molar-refractivity contribution in [2.75, 3.05) is 0 Å². The number of rotatable bonds is 1. The topological polar surface area (TPSA) is 55.1 Å². The van der Waals surface area contributed by atoms with Crippen LogP contribution in [-0.2, 0) is 11.8 Å². The lowest BCUT2D eigenvalue weighted by Crippen LogP contribution is -2.50. The molecule has 6 atom stereocenters. The first-order valence-corrected chi connectivity index (χ1v) is 10.9. The molecule has 4 nitrogen and oxygen atoms in total. The molecule has 4 heteroatoms. The van der Waals surface area contributed by atoms with Gasteiger partial charge in [-0.2, -0.15) is 5.10 Å². The van der Waals surface area contributed by atoms with Crippen LogP contribution in [0.15, 0.2) is 29.5 Å². The van der Waals surface area contributed by atoms with Crippen molar-refractivity contribution >= 4 is 11.9 Å². The van der Waals surface area contributed by atoms with E-state index in [1.807, 2.05) is 17.8 Å². The summed E-state index contributed by atoms with van der Waals surface area (Å²) in [6.45, 7) is 4.67. The summed E-state index contributed by atoms with van der Waals surface area (Å²) in [5, 5.41) is 14.4. The molecule has 1 aromatic rings. The first-order chi connectivity index (χ1) is 13.3. The van der Waals surface area contributed by atoms with E-state index in [-0.39, 0.29) is 16.9 Å². The molecule has 5 rings (SSSR count). The third kappa shape index (κ3) is 2.46. The maximum absolute atomic E-state index is 13.4. The minimum atomic E-state index is -0.207. The summed E-state index contributed by atoms with van der Waals surface area (Å²) in [6, 6.07) is 1.98. The van der Waals surface area contributed by atoms with E-state index in [0.717, 1.165) is 56.2 Å². The highest BCUT2D eigenvalue weighted by Gasteiger charge is 2.59. The van der Waals surface area contributed by atoms with E-state index < -0.39 is 0 Å². The molecule has 4 aliphatic carbocycles. The zero-order valence-electron chi connectivity index (χ0n) is 17.3. The van der Waals surface area contributed by atoms with Gasteiger partial charge in [-0.3, -0.25) is 9.48 Å². The number of fused-ring (bicyclic) bond motifs is 5. The number of ketones is 1. The van der Waals surface area contributed by atoms with Crippen LogP contribution in [0.25, 0.3) is 6.08 Å². The normalized spacial score (nSPS) is 44.1. The van der Waals surface area contributed by atoms with Gasteiger partial charge in [-0.05, 0) is 85.8 Å². The number of Topliss-reactive ketones (excluding diaryl/α,β-unsaturated/α-hetero) is 1. The summed E-state index contributed by atoms with van der Waals surface area (Å²) in [5.41, 5.74) is 3.52. The third-order valence-corrected chi connectivity index (χ3v) is 8.90. The van der Waals surface area contributed by atoms with E-state index in [2.05, 4.69) is 31.1 Å². The average molecular weight is 381 g/mol. The Morgan fingerprint density at radius 1 is 1.18 bits per heavy atom. The van der Waals surface area contributed by atoms with Gasteiger partial charge in [-0.25, -0.2) is 0 Å². The van der Waals surface area contributed by atoms with Crippen molar-refractivity contribution in [1.82, 2.24) is 9.78 Å². The molecular formula is C24H32N2O2. The summed E-state index contributed by atoms with van der Waals surface area (Å²) in [6.07, 6.45) is 13.1. The predicted octanol–water partition coefficient (Wildman–Crippen LogP) is 4.31. The Labute approximate surface area is 167 Å². The van der Waals surface area contributed by atoms with Crippen molar-refractivity contribution in [3.63, 3.8) is 0 Å². The number of aromatic nitrogens is 2. The van der Waals surface area contributed by atoms with Gasteiger partial charge in [0.25, 0.3) is 0 Å². The van der Waals surface area contributed by atoms with Gasteiger partial charge in [-0.15, -0.1) is 0 Å². The van der Waals surface area contributed by atoms with Crippen LogP contribution in [0.5, 0.6) is 0 Å². The molecule has 0 unspecified atom stereocenters. The second kappa shape index (κ2) is 6.16. The smallest absolute Gasteiger partial charge is 0.165 e. The number of carbonyl (C=O) groups is 1. The van der Waals surface area contributed by atoms with Crippen LogP contribution < -0.4 is 0 Å². The Hall–Kier alpha value is -1.68. The Kier molecular flexibility index (Phi) is 4.04. The van der Waals surface area contributed by atoms with E-state index in [1.165, 1.54) is 5.57 Å². The molecule has 0 aromatic carbocycles. The van der Waals surface area contributed by atoms with Crippen LogP contribution in [0.1, 0.15) is 64.5 Å². The minimum Gasteiger partial charge on any atom is -0.393 e. The largest absolute Gasteiger partial charge is 0.393 e. The molecule has 0 amide bonds. The van der Waals surface area contributed by atoms with Crippen LogP contribution in [0.2, 0.25) is 0 Å². The molecule has 4 aliphatic rings. The van der Waals surface area contributed by atoms with Gasteiger partial charge < -0.3 is 5.11 Å². The predicted molar refractivity (Wildman–Crippen MR) is 109 cm³/mol. The summed E-state index contributed by atoms with van der Waals surface area (Å²) >= 11 is 0. The maximum atomic E-state index is 13.4. The lowest BCUT2D eigenvalue weighted by molar-refractivity contribution is -0.130. The third-order valence-electron chi connectivity index (χ3n) is 8.90. The zero-order valence-corrected chi connectivity index (χ0v) is 17.3. The van der Waals surface area contributed by atoms with E-state index in [4.69, 9.17) is 0 Å². The van der Waals surface area contributed by atoms with Gasteiger partial charge >= 0.3 is 0 Å². The number of aliphatic hydroxyl groups excluding tert-OH is 1. The Balaban J connectivity index is 1.49. The van der Waals surface area contributed by atoms with Gasteiger partial charge in [0.1, 0.15) is 0 Å². The highest BCUT2D eigenvalue weighted by atomic mass is 16.3. The first-order valence-electron chi connectivity index (χ1n) is 10.9. The molecule has 150 valence electrons. The molecule has 1 heterocycles. The zero-order chi connectivity index (χ0) is 19.7. The fraction of sp³-hybridized carbons (Fsp3) is 0.667. The van der Waals surface area contributed by atoms with Crippen LogP contribution in [0.4, 0.5) is 0 Å². The number of nitrogens with zero attached hydrogens (tertiary/aromatic N) is 2. The molecule has 3 fully saturated rings. The standard InChI is InChI=1S/C24H32N2O2/c1-23-9-6-18(27)14-16(23)4-5-19-20(23)7-10-24(2)21(19)13-15(22(24)28)12-17-8-11-25-26(17)3/h4,8,11-12,18-21,27H,5-7,9-10,13-14H2,1-3H3/b15-12-/t18-,19+,20-,21-,23+,24-/m1/s1. The lowest BCUT2D eigenvalue weighted by Gasteiger charge is -2.56. The molecule has 3 saturated carbocycles. The Morgan fingerprint density at radius 2 is 1.96 bits per heavy atom. The van der Waals surface area contributed by atoms with Crippen molar-refractivity contribution in [3.8, 4) is 0 Å². The van der Waals surface area contributed by atoms with E-state index in [1.54, 1.807) is 6.20 Å². The summed E-state index contributed by atoms with van der Waals surface area (Å²) in [5.74, 6) is 2.06. The van der Waals surface area contributed by atoms with E-state index in [0.29, 0.717) is 23.5 Å². The van der Waals surface area contributed by atoms with Gasteiger partial charge in [-0.1, -0.05) is 25.5 Å². The van der Waals surface area contributed by atoms with Gasteiger partial charge in [0.2, 0.25) is 0 Å². The maximum Gasteiger partial charge on any atom is 0.165 e. The molecule has 28 heavy (non-hydrogen) atoms. The number of carbonyl (C=O) groups excluding carboxylic acids is 1. The Bertz CT molecular complexity index is 881. The quantitative estimate of drug-likeness (QED) is 0.583. The summed E-state index contributed by atoms with van der Waals surface area (Å²) in [4.78, 5) is 13.4. The lowest BCUT2D eigenvalue weighted by atomic mass is 9.48. The van der Waals surface area contributed by atoms with Gasteiger partial charge in [0, 0.05) is 18.7 Å². The Morgan fingerprint density at radius 3 is 2.71 bits per heavy atom. The summed E-state index contributed by atoms with van der Waals surface area (Å²) < 4.78 is 1.84. The molecule has 1 aromatic heterocycles. The van der Waals surface area contributed by atoms with E-state index in [9.17, 15) is 9.90 Å². The molecule has 0 spiro atoms. The number of aryl methyl sites for hydroxylation is 1. The number of aliphatic hydroxyl groups is 1. The SMILES string of the molecule is Cn1nccc1/C=C1/C[C@@H]2[C@H]3CC=C4C[C@H](O)CC[C@]4(C)[C@@H]3CC[C@@]2(C)C1=O. The van der Waals surface area contributed by atoms with Crippen molar-refractivity contribution in [2.24, 2.45) is 35.6 Å². The molecule has 0 bridgehead atoms. The van der Waals surface area contributed by atoms with Crippen molar-refractivity contribution in [3.05, 3.63) is 35.2 Å². The molecule has 0 radical (unpaired) electrons. The average Bonchev–Trinajstić information content (AvgIpc) is 3.18. The van der Waals surface area contributed by atoms with Gasteiger partial charge in [0.15, 0.2) is 5.78 Å². The monoisotopic (exact) mass is 380 g/mol. The molecule has 0 saturated heterocycles. The van der Waals surface area contributed by atoms with Crippen LogP contribution in [-0.4, -0.2) is 26.8 Å². The minimum absolute atomic E-state index is 0.161. The van der Waals surface area contributed by atoms with Crippen LogP contribution in [0.3, 0.4) is 0 Å². The van der Waals surface area contributed by atoms with Crippen molar-refractivity contribution in [2.45, 2.75) is 64.9 Å². The number of hydrogen-bond acceptors (Lipinski definition) is 3. The highest BCUT2D eigenvalue weighted by molar-refractivity contribution is 6.05. The van der Waals surface area contributed by atoms with Crippen molar-refractivity contribution < 1.29 is 9.90 Å². The highest BCUT2D eigenvalue weighted by Crippen LogP contribution is 2.64. The number of allylic oxidation sites excluding steroid dienone is 2. The van der Waals surface area contributed by atoms with E-state index >= 15 is 0 Å². The van der Waals surface area contributed by atoms with Crippen LogP contribution in [0, 0.1) is 28.6 Å².